The van der Waals surface area contributed by atoms with Crippen LogP contribution in [0, 0.1) is 12.8 Å². The number of nitrogens with zero attached hydrogens (tertiary/aromatic N) is 2. The van der Waals surface area contributed by atoms with Gasteiger partial charge in [0.05, 0.1) is 10.4 Å². The molecule has 1 aromatic heterocycles. The van der Waals surface area contributed by atoms with Crippen molar-refractivity contribution in [2.24, 2.45) is 11.7 Å². The Bertz CT molecular complexity index is 464. The average molecular weight is 312 g/mol. The summed E-state index contributed by atoms with van der Waals surface area (Å²) in [4.78, 5) is 18.0. The van der Waals surface area contributed by atoms with Gasteiger partial charge in [-0.1, -0.05) is 0 Å². The second-order valence-electron chi connectivity index (χ2n) is 4.94. The number of aryl methyl sites for hydroxylation is 1. The lowest BCUT2D eigenvalue weighted by Gasteiger charge is -2.38. The average Bonchev–Trinajstić information content (AvgIpc) is 2.33. The smallest absolute Gasteiger partial charge is 0.222 e. The molecule has 18 heavy (non-hydrogen) atoms. The fraction of sp³-hybridized carbons (Fsp3) is 0.538. The van der Waals surface area contributed by atoms with Gasteiger partial charge in [-0.2, -0.15) is 0 Å². The monoisotopic (exact) mass is 311 g/mol. The maximum absolute atomic E-state index is 11.4. The number of hydrogen-bond donors (Lipinski definition) is 1. The third kappa shape index (κ3) is 2.51. The number of piperidine rings is 1. The van der Waals surface area contributed by atoms with Crippen LogP contribution in [0.2, 0.25) is 0 Å². The summed E-state index contributed by atoms with van der Waals surface area (Å²) in [6.45, 7) is 4.86. The zero-order valence-electron chi connectivity index (χ0n) is 10.7. The van der Waals surface area contributed by atoms with Crippen molar-refractivity contribution in [2.45, 2.75) is 32.7 Å². The van der Waals surface area contributed by atoms with E-state index in [4.69, 9.17) is 5.73 Å². The molecule has 1 fully saturated rings. The van der Waals surface area contributed by atoms with E-state index in [0.717, 1.165) is 28.7 Å². The number of hydrogen-bond acceptors (Lipinski definition) is 3. The van der Waals surface area contributed by atoms with Gasteiger partial charge < -0.3 is 10.6 Å². The molecule has 2 heterocycles. The highest BCUT2D eigenvalue weighted by Crippen LogP contribution is 2.32. The van der Waals surface area contributed by atoms with Crippen LogP contribution < -0.4 is 10.6 Å². The van der Waals surface area contributed by atoms with Gasteiger partial charge in [0, 0.05) is 18.8 Å². The van der Waals surface area contributed by atoms with E-state index >= 15 is 0 Å². The molecular weight excluding hydrogens is 294 g/mol. The molecule has 1 saturated heterocycles. The molecule has 1 amide bonds. The van der Waals surface area contributed by atoms with Crippen molar-refractivity contribution >= 4 is 27.7 Å². The lowest BCUT2D eigenvalue weighted by molar-refractivity contribution is -0.122. The van der Waals surface area contributed by atoms with Crippen LogP contribution in [-0.2, 0) is 4.79 Å². The van der Waals surface area contributed by atoms with Crippen LogP contribution in [0.1, 0.15) is 25.3 Å². The van der Waals surface area contributed by atoms with E-state index in [2.05, 4.69) is 32.7 Å². The molecule has 1 aromatic rings. The SMILES string of the molecule is Cc1ccnc(N2CC(C(N)=O)CCC2C)c1Br. The third-order valence-corrected chi connectivity index (χ3v) is 4.60. The number of carbonyl (C=O) groups is 1. The molecule has 0 aliphatic carbocycles. The number of pyridine rings is 1. The summed E-state index contributed by atoms with van der Waals surface area (Å²) in [6.07, 6.45) is 3.64. The molecule has 1 aliphatic heterocycles. The summed E-state index contributed by atoms with van der Waals surface area (Å²) in [5, 5.41) is 0. The minimum Gasteiger partial charge on any atom is -0.369 e. The Kier molecular flexibility index (Phi) is 3.90. The first-order valence-electron chi connectivity index (χ1n) is 6.17. The van der Waals surface area contributed by atoms with Crippen LogP contribution in [0.15, 0.2) is 16.7 Å². The van der Waals surface area contributed by atoms with Crippen LogP contribution in [0.5, 0.6) is 0 Å². The molecule has 2 N–H and O–H groups in total. The molecule has 2 rings (SSSR count). The van der Waals surface area contributed by atoms with Gasteiger partial charge in [0.2, 0.25) is 5.91 Å². The van der Waals surface area contributed by atoms with E-state index in [-0.39, 0.29) is 11.8 Å². The van der Waals surface area contributed by atoms with Crippen molar-refractivity contribution in [3.63, 3.8) is 0 Å². The first-order valence-corrected chi connectivity index (χ1v) is 6.97. The first-order chi connectivity index (χ1) is 8.50. The van der Waals surface area contributed by atoms with E-state index in [1.54, 1.807) is 6.20 Å². The van der Waals surface area contributed by atoms with Gasteiger partial charge in [0.1, 0.15) is 5.82 Å². The van der Waals surface area contributed by atoms with E-state index in [1.807, 2.05) is 13.0 Å². The Hall–Kier alpha value is -1.10. The normalized spacial score (nSPS) is 24.1. The number of carbonyl (C=O) groups excluding carboxylic acids is 1. The molecule has 1 aliphatic rings. The lowest BCUT2D eigenvalue weighted by Crippen LogP contribution is -2.46. The first kappa shape index (κ1) is 13.3. The molecule has 0 radical (unpaired) electrons. The number of primary amides is 1. The summed E-state index contributed by atoms with van der Waals surface area (Å²) in [7, 11) is 0. The highest BCUT2D eigenvalue weighted by atomic mass is 79.9. The molecule has 4 nitrogen and oxygen atoms in total. The Balaban J connectivity index is 2.30. The predicted octanol–water partition coefficient (Wildman–Crippen LogP) is 2.24. The van der Waals surface area contributed by atoms with Crippen molar-refractivity contribution in [1.82, 2.24) is 4.98 Å². The van der Waals surface area contributed by atoms with Gasteiger partial charge in [-0.25, -0.2) is 4.98 Å². The second kappa shape index (κ2) is 5.26. The summed E-state index contributed by atoms with van der Waals surface area (Å²) in [6, 6.07) is 2.35. The van der Waals surface area contributed by atoms with E-state index in [0.29, 0.717) is 12.6 Å². The second-order valence-corrected chi connectivity index (χ2v) is 5.74. The van der Waals surface area contributed by atoms with Crippen molar-refractivity contribution in [3.8, 4) is 0 Å². The van der Waals surface area contributed by atoms with Gasteiger partial charge in [-0.3, -0.25) is 4.79 Å². The van der Waals surface area contributed by atoms with E-state index in [9.17, 15) is 4.79 Å². The Labute approximate surface area is 116 Å². The highest BCUT2D eigenvalue weighted by Gasteiger charge is 2.30. The summed E-state index contributed by atoms with van der Waals surface area (Å²) < 4.78 is 1.00. The van der Waals surface area contributed by atoms with Crippen LogP contribution in [0.25, 0.3) is 0 Å². The lowest BCUT2D eigenvalue weighted by atomic mass is 9.93. The molecule has 2 unspecified atom stereocenters. The fourth-order valence-corrected chi connectivity index (χ4v) is 2.82. The molecule has 98 valence electrons. The maximum Gasteiger partial charge on any atom is 0.222 e. The Morgan fingerprint density at radius 2 is 2.28 bits per heavy atom. The van der Waals surface area contributed by atoms with Gasteiger partial charge in [-0.05, 0) is 54.2 Å². The standard InChI is InChI=1S/C13H18BrN3O/c1-8-5-6-16-13(11(8)14)17-7-10(12(15)18)4-3-9(17)2/h5-6,9-10H,3-4,7H2,1-2H3,(H2,15,18). The number of aromatic nitrogens is 1. The number of amides is 1. The van der Waals surface area contributed by atoms with Gasteiger partial charge in [0.15, 0.2) is 0 Å². The number of halogens is 1. The Morgan fingerprint density at radius 1 is 1.56 bits per heavy atom. The number of anilines is 1. The predicted molar refractivity (Wildman–Crippen MR) is 75.4 cm³/mol. The minimum absolute atomic E-state index is 0.0737. The van der Waals surface area contributed by atoms with Crippen molar-refractivity contribution < 1.29 is 4.79 Å². The van der Waals surface area contributed by atoms with Crippen molar-refractivity contribution in [2.75, 3.05) is 11.4 Å². The zero-order chi connectivity index (χ0) is 13.3. The van der Waals surface area contributed by atoms with Crippen molar-refractivity contribution in [1.29, 1.82) is 0 Å². The maximum atomic E-state index is 11.4. The van der Waals surface area contributed by atoms with Crippen LogP contribution in [0.4, 0.5) is 5.82 Å². The quantitative estimate of drug-likeness (QED) is 0.911. The van der Waals surface area contributed by atoms with E-state index in [1.165, 1.54) is 0 Å². The Morgan fingerprint density at radius 3 is 2.94 bits per heavy atom. The van der Waals surface area contributed by atoms with Gasteiger partial charge in [-0.15, -0.1) is 0 Å². The van der Waals surface area contributed by atoms with Crippen LogP contribution in [-0.4, -0.2) is 23.5 Å². The highest BCUT2D eigenvalue weighted by molar-refractivity contribution is 9.10. The summed E-state index contributed by atoms with van der Waals surface area (Å²) in [5.74, 6) is 0.625. The van der Waals surface area contributed by atoms with Crippen molar-refractivity contribution in [3.05, 3.63) is 22.3 Å². The summed E-state index contributed by atoms with van der Waals surface area (Å²) >= 11 is 3.58. The topological polar surface area (TPSA) is 59.2 Å². The number of nitrogens with two attached hydrogens (primary N) is 1. The van der Waals surface area contributed by atoms with E-state index < -0.39 is 0 Å². The van der Waals surface area contributed by atoms with Gasteiger partial charge >= 0.3 is 0 Å². The molecule has 0 spiro atoms. The molecule has 2 atom stereocenters. The molecule has 0 saturated carbocycles. The van der Waals surface area contributed by atoms with Crippen LogP contribution >= 0.6 is 15.9 Å². The zero-order valence-corrected chi connectivity index (χ0v) is 12.3. The largest absolute Gasteiger partial charge is 0.369 e. The summed E-state index contributed by atoms with van der Waals surface area (Å²) in [5.41, 5.74) is 6.57. The van der Waals surface area contributed by atoms with Crippen LogP contribution in [0.3, 0.4) is 0 Å². The van der Waals surface area contributed by atoms with Gasteiger partial charge in [0.25, 0.3) is 0 Å². The minimum atomic E-state index is -0.212. The molecular formula is C13H18BrN3O. The number of rotatable bonds is 2. The molecule has 5 heteroatoms. The molecule has 0 aromatic carbocycles. The third-order valence-electron chi connectivity index (χ3n) is 3.62. The fourth-order valence-electron chi connectivity index (χ4n) is 2.36. The molecule has 0 bridgehead atoms.